The highest BCUT2D eigenvalue weighted by Crippen LogP contribution is 2.33. The van der Waals surface area contributed by atoms with Gasteiger partial charge in [0.05, 0.1) is 18.9 Å². The Hall–Kier alpha value is -3.23. The number of aliphatic hydroxyl groups is 1. The molecule has 164 valence electrons. The zero-order valence-electron chi connectivity index (χ0n) is 16.7. The average Bonchev–Trinajstić information content (AvgIpc) is 3.30. The van der Waals surface area contributed by atoms with E-state index in [4.69, 9.17) is 9.15 Å². The van der Waals surface area contributed by atoms with E-state index in [2.05, 4.69) is 10.6 Å². The third kappa shape index (κ3) is 6.37. The molecule has 0 saturated heterocycles. The van der Waals surface area contributed by atoms with Gasteiger partial charge in [-0.05, 0) is 17.7 Å². The van der Waals surface area contributed by atoms with Gasteiger partial charge in [-0.1, -0.05) is 60.7 Å². The van der Waals surface area contributed by atoms with Crippen LogP contribution in [0.2, 0.25) is 0 Å². The molecule has 0 spiro atoms. The fraction of sp³-hybridized carbons (Fsp3) is 0.261. The molecule has 8 heteroatoms. The van der Waals surface area contributed by atoms with Gasteiger partial charge in [0, 0.05) is 12.1 Å². The standard InChI is InChI=1S/C23H24F2N2O4/c24-23(25,18-10-5-2-6-11-18)21(20(28)15-26-14-19-12-7-13-30-19)27-22(29)31-16-17-8-3-1-4-9-17/h1-13,20-21,26,28H,14-16H2,(H,27,29)/t20-,21-/m1/s1. The van der Waals surface area contributed by atoms with Gasteiger partial charge in [-0.15, -0.1) is 0 Å². The normalized spacial score (nSPS) is 13.4. The minimum Gasteiger partial charge on any atom is -0.468 e. The van der Waals surface area contributed by atoms with Gasteiger partial charge in [0.25, 0.3) is 5.92 Å². The monoisotopic (exact) mass is 430 g/mol. The van der Waals surface area contributed by atoms with E-state index < -0.39 is 24.2 Å². The number of benzene rings is 2. The van der Waals surface area contributed by atoms with Gasteiger partial charge in [0.2, 0.25) is 0 Å². The summed E-state index contributed by atoms with van der Waals surface area (Å²) in [6.45, 7) is -0.0396. The topological polar surface area (TPSA) is 83.7 Å². The van der Waals surface area contributed by atoms with Crippen molar-refractivity contribution in [3.63, 3.8) is 0 Å². The maximum absolute atomic E-state index is 15.2. The molecule has 3 N–H and O–H groups in total. The van der Waals surface area contributed by atoms with Gasteiger partial charge in [0.15, 0.2) is 0 Å². The van der Waals surface area contributed by atoms with Crippen LogP contribution in [0.25, 0.3) is 0 Å². The summed E-state index contributed by atoms with van der Waals surface area (Å²) in [6, 6.07) is 17.4. The minimum absolute atomic E-state index is 0.0802. The van der Waals surface area contributed by atoms with Crippen molar-refractivity contribution in [3.05, 3.63) is 95.9 Å². The van der Waals surface area contributed by atoms with E-state index in [1.165, 1.54) is 30.5 Å². The number of alkyl halides is 2. The first-order valence-electron chi connectivity index (χ1n) is 9.78. The number of halogens is 2. The second-order valence-electron chi connectivity index (χ2n) is 6.95. The average molecular weight is 430 g/mol. The van der Waals surface area contributed by atoms with E-state index in [9.17, 15) is 9.90 Å². The van der Waals surface area contributed by atoms with Crippen molar-refractivity contribution in [1.82, 2.24) is 10.6 Å². The molecule has 2 aromatic carbocycles. The number of nitrogens with one attached hydrogen (secondary N) is 2. The SMILES string of the molecule is O=C(N[C@H]([C@H](O)CNCc1ccco1)C(F)(F)c1ccccc1)OCc1ccccc1. The van der Waals surface area contributed by atoms with Crippen LogP contribution in [0.1, 0.15) is 16.9 Å². The van der Waals surface area contributed by atoms with Crippen molar-refractivity contribution in [1.29, 1.82) is 0 Å². The molecule has 0 aliphatic carbocycles. The lowest BCUT2D eigenvalue weighted by atomic mass is 9.96. The lowest BCUT2D eigenvalue weighted by molar-refractivity contribution is -0.0825. The Morgan fingerprint density at radius 2 is 1.71 bits per heavy atom. The van der Waals surface area contributed by atoms with Crippen molar-refractivity contribution in [2.24, 2.45) is 0 Å². The maximum atomic E-state index is 15.2. The van der Waals surface area contributed by atoms with E-state index in [0.717, 1.165) is 0 Å². The first-order chi connectivity index (χ1) is 15.0. The number of hydrogen-bond acceptors (Lipinski definition) is 5. The summed E-state index contributed by atoms with van der Waals surface area (Å²) in [5.41, 5.74) is 0.387. The highest BCUT2D eigenvalue weighted by molar-refractivity contribution is 5.68. The van der Waals surface area contributed by atoms with Crippen LogP contribution >= 0.6 is 0 Å². The van der Waals surface area contributed by atoms with Crippen LogP contribution in [-0.2, 0) is 23.8 Å². The van der Waals surface area contributed by atoms with Gasteiger partial charge in [0.1, 0.15) is 18.4 Å². The van der Waals surface area contributed by atoms with Crippen molar-refractivity contribution in [2.75, 3.05) is 6.54 Å². The molecule has 0 radical (unpaired) electrons. The predicted octanol–water partition coefficient (Wildman–Crippen LogP) is 3.82. The molecule has 2 atom stereocenters. The molecule has 1 amide bonds. The Labute approximate surface area is 178 Å². The molecule has 0 fully saturated rings. The largest absolute Gasteiger partial charge is 0.468 e. The fourth-order valence-electron chi connectivity index (χ4n) is 3.03. The van der Waals surface area contributed by atoms with Crippen molar-refractivity contribution in [3.8, 4) is 0 Å². The molecule has 0 saturated carbocycles. The van der Waals surface area contributed by atoms with Crippen LogP contribution < -0.4 is 10.6 Å². The molecule has 0 unspecified atom stereocenters. The summed E-state index contributed by atoms with van der Waals surface area (Å²) >= 11 is 0. The van der Waals surface area contributed by atoms with E-state index in [1.54, 1.807) is 42.5 Å². The number of carbonyl (C=O) groups is 1. The van der Waals surface area contributed by atoms with Crippen LogP contribution in [-0.4, -0.2) is 29.9 Å². The van der Waals surface area contributed by atoms with Crippen molar-refractivity contribution in [2.45, 2.75) is 31.2 Å². The molecule has 0 bridgehead atoms. The van der Waals surface area contributed by atoms with E-state index in [1.807, 2.05) is 6.07 Å². The van der Waals surface area contributed by atoms with Crippen LogP contribution in [0.15, 0.2) is 83.5 Å². The van der Waals surface area contributed by atoms with Crippen LogP contribution in [0.3, 0.4) is 0 Å². The first-order valence-corrected chi connectivity index (χ1v) is 9.78. The molecule has 0 aliphatic rings. The lowest BCUT2D eigenvalue weighted by Gasteiger charge is -2.31. The third-order valence-corrected chi connectivity index (χ3v) is 4.65. The van der Waals surface area contributed by atoms with Crippen LogP contribution in [0.4, 0.5) is 13.6 Å². The van der Waals surface area contributed by atoms with E-state index in [0.29, 0.717) is 11.3 Å². The Kier molecular flexibility index (Phi) is 7.75. The van der Waals surface area contributed by atoms with Gasteiger partial charge < -0.3 is 24.9 Å². The van der Waals surface area contributed by atoms with Gasteiger partial charge in [-0.25, -0.2) is 4.79 Å². The summed E-state index contributed by atoms with van der Waals surface area (Å²) < 4.78 is 40.7. The van der Waals surface area contributed by atoms with E-state index in [-0.39, 0.29) is 25.3 Å². The zero-order valence-corrected chi connectivity index (χ0v) is 16.7. The van der Waals surface area contributed by atoms with Crippen LogP contribution in [0, 0.1) is 0 Å². The summed E-state index contributed by atoms with van der Waals surface area (Å²) in [6.07, 6.45) is -1.16. The molecule has 6 nitrogen and oxygen atoms in total. The number of carbonyl (C=O) groups excluding carboxylic acids is 1. The highest BCUT2D eigenvalue weighted by Gasteiger charge is 2.46. The minimum atomic E-state index is -3.54. The molecule has 31 heavy (non-hydrogen) atoms. The zero-order chi connectivity index (χ0) is 22.1. The number of furan rings is 1. The second kappa shape index (κ2) is 10.7. The number of rotatable bonds is 10. The molecule has 3 aromatic rings. The Balaban J connectivity index is 1.67. The van der Waals surface area contributed by atoms with Crippen molar-refractivity contribution < 1.29 is 27.8 Å². The molecule has 1 heterocycles. The smallest absolute Gasteiger partial charge is 0.407 e. The Morgan fingerprint density at radius 1 is 1.03 bits per heavy atom. The third-order valence-electron chi connectivity index (χ3n) is 4.65. The summed E-state index contributed by atoms with van der Waals surface area (Å²) in [4.78, 5) is 12.3. The summed E-state index contributed by atoms with van der Waals surface area (Å²) in [7, 11) is 0. The molecule has 0 aliphatic heterocycles. The quantitative estimate of drug-likeness (QED) is 0.456. The maximum Gasteiger partial charge on any atom is 0.407 e. The number of alkyl carbamates (subject to hydrolysis) is 1. The van der Waals surface area contributed by atoms with Crippen LogP contribution in [0.5, 0.6) is 0 Å². The van der Waals surface area contributed by atoms with Gasteiger partial charge in [-0.3, -0.25) is 0 Å². The number of hydrogen-bond donors (Lipinski definition) is 3. The predicted molar refractivity (Wildman–Crippen MR) is 110 cm³/mol. The van der Waals surface area contributed by atoms with Crippen molar-refractivity contribution >= 4 is 6.09 Å². The fourth-order valence-corrected chi connectivity index (χ4v) is 3.03. The summed E-state index contributed by atoms with van der Waals surface area (Å²) in [5.74, 6) is -2.95. The first kappa shape index (κ1) is 22.5. The van der Waals surface area contributed by atoms with Gasteiger partial charge >= 0.3 is 6.09 Å². The molecule has 1 aromatic heterocycles. The second-order valence-corrected chi connectivity index (χ2v) is 6.95. The molecular weight excluding hydrogens is 406 g/mol. The number of aliphatic hydroxyl groups excluding tert-OH is 1. The Bertz CT molecular complexity index is 921. The molecular formula is C23H24F2N2O4. The lowest BCUT2D eigenvalue weighted by Crippen LogP contribution is -2.55. The van der Waals surface area contributed by atoms with E-state index >= 15 is 8.78 Å². The Morgan fingerprint density at radius 3 is 2.35 bits per heavy atom. The highest BCUT2D eigenvalue weighted by atomic mass is 19.3. The van der Waals surface area contributed by atoms with Gasteiger partial charge in [-0.2, -0.15) is 8.78 Å². The number of amides is 1. The summed E-state index contributed by atoms with van der Waals surface area (Å²) in [5, 5.41) is 15.5. The number of ether oxygens (including phenoxy) is 1. The molecule has 3 rings (SSSR count).